The lowest BCUT2D eigenvalue weighted by Gasteiger charge is -2.29. The quantitative estimate of drug-likeness (QED) is 0.0705. The molecule has 11 rings (SSSR count). The minimum absolute atomic E-state index is 0.0875. The van der Waals surface area contributed by atoms with Crippen LogP contribution in [0.4, 0.5) is 75.9 Å². The average molecular weight is 1270 g/mol. The first-order chi connectivity index (χ1) is 41.8. The van der Waals surface area contributed by atoms with Gasteiger partial charge in [-0.1, -0.05) is 54.1 Å². The second kappa shape index (κ2) is 20.8. The van der Waals surface area contributed by atoms with E-state index in [4.69, 9.17) is 0 Å². The third-order valence-corrected chi connectivity index (χ3v) is 15.8. The van der Waals surface area contributed by atoms with Crippen molar-refractivity contribution < 1.29 is 89.4 Å². The van der Waals surface area contributed by atoms with Crippen molar-refractivity contribution in [1.82, 2.24) is 14.0 Å². The summed E-state index contributed by atoms with van der Waals surface area (Å²) >= 11 is 0. The van der Waals surface area contributed by atoms with Crippen molar-refractivity contribution in [1.29, 1.82) is 0 Å². The summed E-state index contributed by atoms with van der Waals surface area (Å²) < 4.78 is 237. The molecule has 0 bridgehead atoms. The maximum atomic E-state index is 16.8. The van der Waals surface area contributed by atoms with Gasteiger partial charge in [0.1, 0.15) is 0 Å². The molecule has 90 heavy (non-hydrogen) atoms. The standard InChI is InChI=1S/C62H34F16N4O8/c1-27-6-12-33(45(19-27)58(64,65)66)35-16-11-32(24-47(35)60(70,71)72)82-55(89)43-25-41-42(26-44(43)56(82)90)52(86)80(51(41)85)18-4-3-5-28-7-13-34(46(20-28)59(67,68)69)36-17-10-31(23-48(36)61(73,74)75)81-53(87)38-15-9-30(22-40(38)54(81)88)57(63,62(76,77)78)29-8-14-37-39(21-29)50(84)79(2)49(37)83/h6-17,19-26H,3-5,18H2,1-2H3. The van der Waals surface area contributed by atoms with E-state index in [1.807, 2.05) is 0 Å². The van der Waals surface area contributed by atoms with Crippen LogP contribution in [-0.2, 0) is 43.3 Å². The van der Waals surface area contributed by atoms with Crippen LogP contribution in [0.25, 0.3) is 49.5 Å². The van der Waals surface area contributed by atoms with Crippen LogP contribution in [-0.4, -0.2) is 50.9 Å². The molecule has 462 valence electrons. The van der Waals surface area contributed by atoms with Gasteiger partial charge in [0.2, 0.25) is 0 Å². The van der Waals surface area contributed by atoms with Crippen molar-refractivity contribution in [2.24, 2.45) is 0 Å². The Balaban J connectivity index is 0.834. The van der Waals surface area contributed by atoms with Gasteiger partial charge >= 0.3 is 30.9 Å². The minimum Gasteiger partial charge on any atom is -0.277 e. The molecule has 12 nitrogen and oxygen atoms in total. The smallest absolute Gasteiger partial charge is 0.277 e. The zero-order chi connectivity index (χ0) is 65.6. The molecule has 4 heterocycles. The third-order valence-electron chi connectivity index (χ3n) is 15.8. The number of nitrogens with zero attached hydrogens (tertiary/aromatic N) is 4. The molecule has 4 amide bonds. The molecule has 0 N–H and O–H groups in total. The van der Waals surface area contributed by atoms with Crippen molar-refractivity contribution in [2.45, 2.75) is 69.3 Å². The van der Waals surface area contributed by atoms with E-state index in [2.05, 4.69) is 0 Å². The van der Waals surface area contributed by atoms with Crippen LogP contribution < -0.4 is 27.1 Å². The molecule has 7 aromatic carbocycles. The number of benzene rings is 7. The van der Waals surface area contributed by atoms with Gasteiger partial charge in [-0.25, -0.2) is 13.9 Å². The van der Waals surface area contributed by atoms with Gasteiger partial charge in [0, 0.05) is 24.7 Å². The molecule has 1 atom stereocenters. The van der Waals surface area contributed by atoms with E-state index in [1.165, 1.54) is 6.92 Å². The average Bonchev–Trinajstić information content (AvgIpc) is 1.50. The number of aromatic nitrogens is 2. The fourth-order valence-electron chi connectivity index (χ4n) is 11.4. The Morgan fingerprint density at radius 2 is 0.756 bits per heavy atom. The zero-order valence-corrected chi connectivity index (χ0v) is 45.5. The number of carbonyl (C=O) groups excluding carboxylic acids is 4. The Bertz CT molecular complexity index is 4770. The normalized spacial score (nSPS) is 14.8. The van der Waals surface area contributed by atoms with E-state index < -0.39 is 194 Å². The first-order valence-electron chi connectivity index (χ1n) is 26.3. The van der Waals surface area contributed by atoms with Crippen molar-refractivity contribution in [3.8, 4) is 27.9 Å². The molecule has 28 heteroatoms. The lowest BCUT2D eigenvalue weighted by molar-refractivity contribution is -0.219. The highest BCUT2D eigenvalue weighted by atomic mass is 19.4. The number of unbranched alkanes of at least 4 members (excludes halogenated alkanes) is 1. The largest absolute Gasteiger partial charge is 0.431 e. The summed E-state index contributed by atoms with van der Waals surface area (Å²) in [6.07, 6.45) is -27.6. The minimum atomic E-state index is -5.85. The molecule has 2 aliphatic rings. The Hall–Kier alpha value is -10.0. The topological polar surface area (TPSA) is 153 Å². The van der Waals surface area contributed by atoms with Crippen molar-refractivity contribution in [3.63, 3.8) is 0 Å². The van der Waals surface area contributed by atoms with E-state index in [-0.39, 0.29) is 51.5 Å². The lowest BCUT2D eigenvalue weighted by Crippen LogP contribution is -2.39. The second-order valence-electron chi connectivity index (χ2n) is 21.3. The maximum Gasteiger partial charge on any atom is 0.431 e. The number of carbonyl (C=O) groups is 4. The van der Waals surface area contributed by atoms with Gasteiger partial charge in [-0.2, -0.15) is 65.9 Å². The highest BCUT2D eigenvalue weighted by molar-refractivity contribution is 6.34. The van der Waals surface area contributed by atoms with Gasteiger partial charge in [-0.05, 0) is 127 Å². The van der Waals surface area contributed by atoms with E-state index in [1.54, 1.807) is 0 Å². The summed E-state index contributed by atoms with van der Waals surface area (Å²) in [5.74, 6) is -4.92. The molecule has 0 aliphatic carbocycles. The van der Waals surface area contributed by atoms with E-state index in [0.29, 0.717) is 82.3 Å². The van der Waals surface area contributed by atoms with Crippen molar-refractivity contribution in [3.05, 3.63) is 230 Å². The first kappa shape index (κ1) is 61.6. The van der Waals surface area contributed by atoms with Crippen LogP contribution in [0.1, 0.15) is 98.8 Å². The molecule has 0 spiro atoms. The molecule has 0 radical (unpaired) electrons. The van der Waals surface area contributed by atoms with Gasteiger partial charge in [-0.3, -0.25) is 47.8 Å². The van der Waals surface area contributed by atoms with Gasteiger partial charge in [0.15, 0.2) is 0 Å². The molecule has 0 saturated heterocycles. The van der Waals surface area contributed by atoms with Crippen LogP contribution >= 0.6 is 0 Å². The maximum absolute atomic E-state index is 16.8. The third kappa shape index (κ3) is 9.91. The molecule has 2 aliphatic heterocycles. The first-order valence-corrected chi connectivity index (χ1v) is 26.3. The fraction of sp³-hybridized carbons (Fsp3) is 0.194. The number of amides is 4. The summed E-state index contributed by atoms with van der Waals surface area (Å²) in [6.45, 7) is 0.876. The summed E-state index contributed by atoms with van der Waals surface area (Å²) in [4.78, 5) is 108. The molecule has 9 aromatic rings. The van der Waals surface area contributed by atoms with Crippen LogP contribution in [0, 0.1) is 6.92 Å². The zero-order valence-electron chi connectivity index (χ0n) is 45.5. The number of fused-ring (bicyclic) bond motifs is 4. The number of halogens is 16. The SMILES string of the molecule is Cc1ccc(-c2ccc(-n3c(=O)c4cc5c(=O)n(CCCCc6ccc(-c7ccc(N8C(=O)c9ccc(C(F)(c%10ccc%11c(c%10)C(=O)N(C)C%11=O)C(F)(F)F)cc9C8=O)cc7C(F)(F)F)c(C(F)(F)F)c6)c(=O)c5cc4c3=O)cc2C(F)(F)F)c(C(F)(F)F)c1. The summed E-state index contributed by atoms with van der Waals surface area (Å²) in [5.41, 5.74) is -26.2. The molecule has 0 fully saturated rings. The van der Waals surface area contributed by atoms with E-state index in [9.17, 15) is 104 Å². The number of alkyl halides is 16. The second-order valence-corrected chi connectivity index (χ2v) is 21.3. The summed E-state index contributed by atoms with van der Waals surface area (Å²) in [7, 11) is 1.03. The highest BCUT2D eigenvalue weighted by Crippen LogP contribution is 2.51. The Labute approximate surface area is 491 Å². The van der Waals surface area contributed by atoms with E-state index >= 15 is 4.39 Å². The highest BCUT2D eigenvalue weighted by Gasteiger charge is 2.60. The summed E-state index contributed by atoms with van der Waals surface area (Å²) in [5, 5.41) is -1.89. The monoisotopic (exact) mass is 1270 g/mol. The van der Waals surface area contributed by atoms with Crippen molar-refractivity contribution >= 4 is 50.9 Å². The van der Waals surface area contributed by atoms with Gasteiger partial charge < -0.3 is 0 Å². The molecule has 1 unspecified atom stereocenters. The Morgan fingerprint density at radius 3 is 1.26 bits per heavy atom. The van der Waals surface area contributed by atoms with Gasteiger partial charge in [0.05, 0.1) is 77.4 Å². The number of imide groups is 2. The van der Waals surface area contributed by atoms with Crippen molar-refractivity contribution in [2.75, 3.05) is 11.9 Å². The number of aryl methyl sites for hydroxylation is 2. The van der Waals surface area contributed by atoms with Gasteiger partial charge in [0.25, 0.3) is 51.5 Å². The predicted molar refractivity (Wildman–Crippen MR) is 290 cm³/mol. The van der Waals surface area contributed by atoms with Crippen LogP contribution in [0.2, 0.25) is 0 Å². The number of hydrogen-bond donors (Lipinski definition) is 0. The van der Waals surface area contributed by atoms with E-state index in [0.717, 1.165) is 49.5 Å². The Kier molecular flexibility index (Phi) is 14.2. The number of hydrogen-bond acceptors (Lipinski definition) is 8. The molecular formula is C62H34F16N4O8. The van der Waals surface area contributed by atoms with Crippen LogP contribution in [0.5, 0.6) is 0 Å². The number of anilines is 1. The lowest BCUT2D eigenvalue weighted by atomic mass is 9.84. The molecule has 0 saturated carbocycles. The predicted octanol–water partition coefficient (Wildman–Crippen LogP) is 13.4. The molecular weight excluding hydrogens is 1230 g/mol. The Morgan fingerprint density at radius 1 is 0.367 bits per heavy atom. The number of rotatable bonds is 11. The fourth-order valence-corrected chi connectivity index (χ4v) is 11.4. The summed E-state index contributed by atoms with van der Waals surface area (Å²) in [6, 6.07) is 13.0. The van der Waals surface area contributed by atoms with Crippen LogP contribution in [0.3, 0.4) is 0 Å². The van der Waals surface area contributed by atoms with Gasteiger partial charge in [-0.15, -0.1) is 0 Å². The molecule has 2 aromatic heterocycles. The van der Waals surface area contributed by atoms with Crippen LogP contribution in [0.15, 0.2) is 141 Å².